The molecule has 26 heavy (non-hydrogen) atoms. The molecule has 1 atom stereocenters. The average molecular weight is 365 g/mol. The number of nitrogens with zero attached hydrogens (tertiary/aromatic N) is 3. The fourth-order valence-electron chi connectivity index (χ4n) is 3.42. The number of benzene rings is 1. The second-order valence-electron chi connectivity index (χ2n) is 6.69. The lowest BCUT2D eigenvalue weighted by Crippen LogP contribution is -2.40. The number of carbonyl (C=O) groups excluding carboxylic acids is 1. The molecule has 0 spiro atoms. The molecule has 7 heteroatoms. The molecule has 1 saturated heterocycles. The van der Waals surface area contributed by atoms with Crippen molar-refractivity contribution in [1.29, 1.82) is 0 Å². The van der Waals surface area contributed by atoms with E-state index in [2.05, 4.69) is 9.55 Å². The van der Waals surface area contributed by atoms with Crippen molar-refractivity contribution in [3.8, 4) is 0 Å². The Hall–Kier alpha value is -2.31. The van der Waals surface area contributed by atoms with Gasteiger partial charge in [-0.05, 0) is 18.4 Å². The summed E-state index contributed by atoms with van der Waals surface area (Å²) in [5, 5.41) is 0. The Balaban J connectivity index is 1.65. The van der Waals surface area contributed by atoms with Crippen LogP contribution in [0.15, 0.2) is 42.7 Å². The van der Waals surface area contributed by atoms with Crippen LogP contribution in [0.4, 0.5) is 13.2 Å². The summed E-state index contributed by atoms with van der Waals surface area (Å²) >= 11 is 0. The third kappa shape index (κ3) is 4.86. The lowest BCUT2D eigenvalue weighted by atomic mass is 9.96. The van der Waals surface area contributed by atoms with Crippen molar-refractivity contribution in [3.05, 3.63) is 54.1 Å². The molecule has 0 saturated carbocycles. The number of piperidine rings is 1. The van der Waals surface area contributed by atoms with Crippen LogP contribution in [0.2, 0.25) is 0 Å². The zero-order valence-corrected chi connectivity index (χ0v) is 14.5. The lowest BCUT2D eigenvalue weighted by molar-refractivity contribution is -0.149. The third-order valence-corrected chi connectivity index (χ3v) is 4.71. The number of amides is 1. The van der Waals surface area contributed by atoms with E-state index in [0.717, 1.165) is 24.2 Å². The highest BCUT2D eigenvalue weighted by Crippen LogP contribution is 2.28. The van der Waals surface area contributed by atoms with Gasteiger partial charge in [-0.3, -0.25) is 4.79 Å². The number of carbonyl (C=O) groups is 1. The quantitative estimate of drug-likeness (QED) is 0.804. The smallest absolute Gasteiger partial charge is 0.342 e. The topological polar surface area (TPSA) is 38.1 Å². The van der Waals surface area contributed by atoms with E-state index in [9.17, 15) is 18.0 Å². The average Bonchev–Trinajstić information content (AvgIpc) is 3.08. The molecule has 1 aliphatic heterocycles. The van der Waals surface area contributed by atoms with Crippen LogP contribution in [0.1, 0.15) is 43.0 Å². The predicted molar refractivity (Wildman–Crippen MR) is 91.6 cm³/mol. The number of hydrogen-bond acceptors (Lipinski definition) is 2. The molecule has 0 radical (unpaired) electrons. The third-order valence-electron chi connectivity index (χ3n) is 4.71. The van der Waals surface area contributed by atoms with Crippen LogP contribution < -0.4 is 0 Å². The molecule has 1 fully saturated rings. The molecule has 1 aromatic carbocycles. The van der Waals surface area contributed by atoms with Gasteiger partial charge >= 0.3 is 6.18 Å². The second-order valence-corrected chi connectivity index (χ2v) is 6.69. The molecule has 0 aliphatic carbocycles. The van der Waals surface area contributed by atoms with Crippen molar-refractivity contribution < 1.29 is 18.0 Å². The summed E-state index contributed by atoms with van der Waals surface area (Å²) in [5.41, 5.74) is 1.15. The van der Waals surface area contributed by atoms with Gasteiger partial charge in [-0.1, -0.05) is 30.3 Å². The summed E-state index contributed by atoms with van der Waals surface area (Å²) in [5.74, 6) is 0.521. The van der Waals surface area contributed by atoms with Gasteiger partial charge < -0.3 is 9.47 Å². The summed E-state index contributed by atoms with van der Waals surface area (Å²) < 4.78 is 39.1. The van der Waals surface area contributed by atoms with Crippen LogP contribution >= 0.6 is 0 Å². The maximum absolute atomic E-state index is 12.4. The summed E-state index contributed by atoms with van der Waals surface area (Å²) in [6, 6.07) is 10.0. The maximum atomic E-state index is 12.4. The first-order chi connectivity index (χ1) is 12.4. The molecule has 2 aromatic rings. The molecular weight excluding hydrogens is 343 g/mol. The maximum Gasteiger partial charge on any atom is 0.389 e. The van der Waals surface area contributed by atoms with E-state index in [4.69, 9.17) is 0 Å². The van der Waals surface area contributed by atoms with Crippen molar-refractivity contribution >= 4 is 5.91 Å². The van der Waals surface area contributed by atoms with Crippen LogP contribution in [0.5, 0.6) is 0 Å². The minimum Gasteiger partial charge on any atom is -0.342 e. The van der Waals surface area contributed by atoms with Crippen molar-refractivity contribution in [2.24, 2.45) is 0 Å². The Labute approximate surface area is 150 Å². The van der Waals surface area contributed by atoms with Crippen LogP contribution in [-0.4, -0.2) is 39.6 Å². The summed E-state index contributed by atoms with van der Waals surface area (Å²) in [6.07, 6.45) is -0.522. The van der Waals surface area contributed by atoms with Gasteiger partial charge in [0.25, 0.3) is 0 Å². The van der Waals surface area contributed by atoms with E-state index < -0.39 is 24.9 Å². The molecule has 1 amide bonds. The summed E-state index contributed by atoms with van der Waals surface area (Å²) in [7, 11) is 0. The van der Waals surface area contributed by atoms with Crippen LogP contribution in [0.25, 0.3) is 0 Å². The standard InChI is InChI=1S/C19H22F3N3O/c20-19(21,22)9-8-17(26)24-11-4-7-16(14-24)18-23-10-12-25(18)13-15-5-2-1-3-6-15/h1-3,5-6,10,12,16H,4,7-9,11,13-14H2/t16-/m0/s1. The van der Waals surface area contributed by atoms with Crippen molar-refractivity contribution in [2.75, 3.05) is 13.1 Å². The second kappa shape index (κ2) is 7.93. The number of rotatable bonds is 5. The molecule has 2 heterocycles. The van der Waals surface area contributed by atoms with Crippen LogP contribution in [-0.2, 0) is 11.3 Å². The van der Waals surface area contributed by atoms with Gasteiger partial charge in [0.15, 0.2) is 0 Å². The monoisotopic (exact) mass is 365 g/mol. The van der Waals surface area contributed by atoms with E-state index in [1.54, 1.807) is 11.1 Å². The number of likely N-dealkylation sites (tertiary alicyclic amines) is 1. The van der Waals surface area contributed by atoms with Gasteiger partial charge in [0.2, 0.25) is 5.91 Å². The predicted octanol–water partition coefficient (Wildman–Crippen LogP) is 3.98. The fourth-order valence-corrected chi connectivity index (χ4v) is 3.42. The number of aromatic nitrogens is 2. The number of imidazole rings is 1. The first kappa shape index (κ1) is 18.5. The largest absolute Gasteiger partial charge is 0.389 e. The Morgan fingerprint density at radius 3 is 2.73 bits per heavy atom. The zero-order valence-electron chi connectivity index (χ0n) is 14.5. The van der Waals surface area contributed by atoms with Gasteiger partial charge in [0.05, 0.1) is 6.42 Å². The fraction of sp³-hybridized carbons (Fsp3) is 0.474. The van der Waals surface area contributed by atoms with Crippen molar-refractivity contribution in [1.82, 2.24) is 14.5 Å². The van der Waals surface area contributed by atoms with Gasteiger partial charge in [-0.2, -0.15) is 13.2 Å². The van der Waals surface area contributed by atoms with Gasteiger partial charge in [-0.15, -0.1) is 0 Å². The van der Waals surface area contributed by atoms with Gasteiger partial charge in [0.1, 0.15) is 5.82 Å². The molecule has 4 nitrogen and oxygen atoms in total. The van der Waals surface area contributed by atoms with Crippen LogP contribution in [0.3, 0.4) is 0 Å². The van der Waals surface area contributed by atoms with E-state index in [0.29, 0.717) is 19.6 Å². The molecular formula is C19H22F3N3O. The lowest BCUT2D eigenvalue weighted by Gasteiger charge is -2.33. The Morgan fingerprint density at radius 1 is 1.23 bits per heavy atom. The Bertz CT molecular complexity index is 727. The highest BCUT2D eigenvalue weighted by molar-refractivity contribution is 5.76. The summed E-state index contributed by atoms with van der Waals surface area (Å²) in [4.78, 5) is 18.2. The Morgan fingerprint density at radius 2 is 2.00 bits per heavy atom. The Kier molecular flexibility index (Phi) is 5.64. The minimum atomic E-state index is -4.29. The normalized spacial score (nSPS) is 18.1. The van der Waals surface area contributed by atoms with Gasteiger partial charge in [-0.25, -0.2) is 4.98 Å². The molecule has 0 N–H and O–H groups in total. The van der Waals surface area contributed by atoms with Crippen LogP contribution in [0, 0.1) is 0 Å². The molecule has 140 valence electrons. The highest BCUT2D eigenvalue weighted by atomic mass is 19.4. The molecule has 1 aliphatic rings. The number of hydrogen-bond donors (Lipinski definition) is 0. The highest BCUT2D eigenvalue weighted by Gasteiger charge is 2.31. The van der Waals surface area contributed by atoms with E-state index in [1.807, 2.05) is 36.5 Å². The first-order valence-electron chi connectivity index (χ1n) is 8.82. The van der Waals surface area contributed by atoms with Crippen molar-refractivity contribution in [2.45, 2.75) is 44.3 Å². The van der Waals surface area contributed by atoms with E-state index >= 15 is 0 Å². The number of alkyl halides is 3. The van der Waals surface area contributed by atoms with Crippen molar-refractivity contribution in [3.63, 3.8) is 0 Å². The SMILES string of the molecule is O=C(CCC(F)(F)F)N1CCC[C@H](c2nccn2Cc2ccccc2)C1. The molecule has 0 unspecified atom stereocenters. The number of halogens is 3. The van der Waals surface area contributed by atoms with E-state index in [1.165, 1.54) is 0 Å². The first-order valence-corrected chi connectivity index (χ1v) is 8.82. The molecule has 1 aromatic heterocycles. The minimum absolute atomic E-state index is 0.0531. The molecule has 3 rings (SSSR count). The van der Waals surface area contributed by atoms with E-state index in [-0.39, 0.29) is 5.92 Å². The summed E-state index contributed by atoms with van der Waals surface area (Å²) in [6.45, 7) is 1.64. The molecule has 0 bridgehead atoms. The zero-order chi connectivity index (χ0) is 18.6. The van der Waals surface area contributed by atoms with Gasteiger partial charge in [0, 0.05) is 44.4 Å².